The fraction of sp³-hybridized carbons (Fsp3) is 0.273. The van der Waals surface area contributed by atoms with Crippen LogP contribution in [-0.4, -0.2) is 31.5 Å². The standard InChI is InChI=1S/C22H25N3O5S/c1-22(2,3)30-21(26)24-19-14-29-25-20(19)16-7-5-15(6-8-16)13-23-17-9-11-18(12-10-17)31(4,27)28/h5-12,14,23H,13H2,1-4H3,(H,24,26). The van der Waals surface area contributed by atoms with Gasteiger partial charge in [-0.05, 0) is 50.6 Å². The van der Waals surface area contributed by atoms with E-state index in [-0.39, 0.29) is 4.90 Å². The summed E-state index contributed by atoms with van der Waals surface area (Å²) in [5.41, 5.74) is 2.92. The first-order chi connectivity index (χ1) is 14.5. The van der Waals surface area contributed by atoms with Gasteiger partial charge in [-0.15, -0.1) is 0 Å². The summed E-state index contributed by atoms with van der Waals surface area (Å²) in [7, 11) is -3.21. The minimum atomic E-state index is -3.21. The molecular weight excluding hydrogens is 418 g/mol. The number of hydrogen-bond donors (Lipinski definition) is 2. The molecule has 0 bridgehead atoms. The molecular formula is C22H25N3O5S. The number of sulfone groups is 1. The molecule has 0 saturated heterocycles. The van der Waals surface area contributed by atoms with Crippen LogP contribution >= 0.6 is 0 Å². The van der Waals surface area contributed by atoms with Gasteiger partial charge < -0.3 is 14.6 Å². The van der Waals surface area contributed by atoms with Gasteiger partial charge in [0.2, 0.25) is 0 Å². The molecule has 1 aromatic heterocycles. The first kappa shape index (κ1) is 22.4. The van der Waals surface area contributed by atoms with Crippen molar-refractivity contribution in [2.45, 2.75) is 37.8 Å². The van der Waals surface area contributed by atoms with E-state index in [4.69, 9.17) is 9.26 Å². The van der Waals surface area contributed by atoms with Gasteiger partial charge in [-0.2, -0.15) is 0 Å². The predicted molar refractivity (Wildman–Crippen MR) is 119 cm³/mol. The molecule has 1 amide bonds. The van der Waals surface area contributed by atoms with Gasteiger partial charge in [0.05, 0.1) is 4.90 Å². The molecule has 9 heteroatoms. The lowest BCUT2D eigenvalue weighted by Crippen LogP contribution is -2.27. The summed E-state index contributed by atoms with van der Waals surface area (Å²) in [6.07, 6.45) is 1.95. The van der Waals surface area contributed by atoms with Crippen molar-refractivity contribution in [2.24, 2.45) is 0 Å². The number of benzene rings is 2. The van der Waals surface area contributed by atoms with E-state index < -0.39 is 21.5 Å². The first-order valence-electron chi connectivity index (χ1n) is 9.59. The molecule has 0 radical (unpaired) electrons. The largest absolute Gasteiger partial charge is 0.444 e. The Morgan fingerprint density at radius 1 is 1.06 bits per heavy atom. The Kier molecular flexibility index (Phi) is 6.35. The van der Waals surface area contributed by atoms with Crippen LogP contribution in [0.3, 0.4) is 0 Å². The van der Waals surface area contributed by atoms with Crippen LogP contribution < -0.4 is 10.6 Å². The SMILES string of the molecule is CC(C)(C)OC(=O)Nc1conc1-c1ccc(CNc2ccc(S(C)(=O)=O)cc2)cc1. The third-order valence-corrected chi connectivity index (χ3v) is 5.34. The highest BCUT2D eigenvalue weighted by atomic mass is 32.2. The molecule has 0 fully saturated rings. The topological polar surface area (TPSA) is 111 Å². The van der Waals surface area contributed by atoms with Crippen LogP contribution in [0.2, 0.25) is 0 Å². The van der Waals surface area contributed by atoms with Gasteiger partial charge in [0.25, 0.3) is 0 Å². The van der Waals surface area contributed by atoms with Crippen LogP contribution in [0.25, 0.3) is 11.3 Å². The zero-order chi connectivity index (χ0) is 22.6. The van der Waals surface area contributed by atoms with E-state index in [2.05, 4.69) is 15.8 Å². The Morgan fingerprint density at radius 2 is 1.71 bits per heavy atom. The summed E-state index contributed by atoms with van der Waals surface area (Å²) in [4.78, 5) is 12.3. The summed E-state index contributed by atoms with van der Waals surface area (Å²) in [5.74, 6) is 0. The number of hydrogen-bond acceptors (Lipinski definition) is 7. The number of anilines is 2. The third-order valence-electron chi connectivity index (χ3n) is 4.21. The summed E-state index contributed by atoms with van der Waals surface area (Å²) in [6, 6.07) is 14.2. The number of ether oxygens (including phenoxy) is 1. The van der Waals surface area contributed by atoms with Crippen molar-refractivity contribution in [3.05, 3.63) is 60.4 Å². The van der Waals surface area contributed by atoms with Crippen molar-refractivity contribution >= 4 is 27.3 Å². The summed E-state index contributed by atoms with van der Waals surface area (Å²) in [6.45, 7) is 5.91. The highest BCUT2D eigenvalue weighted by molar-refractivity contribution is 7.90. The average Bonchev–Trinajstić information content (AvgIpc) is 3.13. The molecule has 0 aliphatic heterocycles. The average molecular weight is 444 g/mol. The normalized spacial score (nSPS) is 11.7. The van der Waals surface area contributed by atoms with E-state index in [9.17, 15) is 13.2 Å². The molecule has 2 aromatic carbocycles. The monoisotopic (exact) mass is 443 g/mol. The second-order valence-electron chi connectivity index (χ2n) is 8.05. The van der Waals surface area contributed by atoms with Crippen molar-refractivity contribution in [1.29, 1.82) is 0 Å². The zero-order valence-electron chi connectivity index (χ0n) is 17.8. The smallest absolute Gasteiger partial charge is 0.412 e. The predicted octanol–water partition coefficient (Wildman–Crippen LogP) is 4.70. The molecule has 0 spiro atoms. The lowest BCUT2D eigenvalue weighted by Gasteiger charge is -2.19. The van der Waals surface area contributed by atoms with Crippen molar-refractivity contribution in [3.63, 3.8) is 0 Å². The summed E-state index contributed by atoms with van der Waals surface area (Å²) >= 11 is 0. The van der Waals surface area contributed by atoms with Crippen LogP contribution in [0.4, 0.5) is 16.2 Å². The molecule has 164 valence electrons. The van der Waals surface area contributed by atoms with Crippen LogP contribution in [0.15, 0.2) is 64.2 Å². The van der Waals surface area contributed by atoms with Gasteiger partial charge in [0.15, 0.2) is 9.84 Å². The lowest BCUT2D eigenvalue weighted by molar-refractivity contribution is 0.0636. The highest BCUT2D eigenvalue weighted by Crippen LogP contribution is 2.27. The number of aromatic nitrogens is 1. The summed E-state index contributed by atoms with van der Waals surface area (Å²) < 4.78 is 33.4. The van der Waals surface area contributed by atoms with Crippen molar-refractivity contribution in [3.8, 4) is 11.3 Å². The van der Waals surface area contributed by atoms with Gasteiger partial charge in [-0.1, -0.05) is 29.4 Å². The van der Waals surface area contributed by atoms with E-state index in [1.165, 1.54) is 12.5 Å². The molecule has 31 heavy (non-hydrogen) atoms. The molecule has 2 N–H and O–H groups in total. The van der Waals surface area contributed by atoms with E-state index in [0.717, 1.165) is 16.8 Å². The zero-order valence-corrected chi connectivity index (χ0v) is 18.6. The van der Waals surface area contributed by atoms with Gasteiger partial charge >= 0.3 is 6.09 Å². The minimum absolute atomic E-state index is 0.283. The van der Waals surface area contributed by atoms with Crippen LogP contribution in [0, 0.1) is 0 Å². The molecule has 1 heterocycles. The van der Waals surface area contributed by atoms with Gasteiger partial charge in [-0.25, -0.2) is 13.2 Å². The van der Waals surface area contributed by atoms with Crippen molar-refractivity contribution in [2.75, 3.05) is 16.9 Å². The van der Waals surface area contributed by atoms with E-state index >= 15 is 0 Å². The number of amides is 1. The van der Waals surface area contributed by atoms with E-state index in [1.807, 2.05) is 24.3 Å². The van der Waals surface area contributed by atoms with Gasteiger partial charge in [-0.3, -0.25) is 5.32 Å². The van der Waals surface area contributed by atoms with Crippen LogP contribution in [0.5, 0.6) is 0 Å². The Labute approximate surface area is 181 Å². The molecule has 0 saturated carbocycles. The number of carbonyl (C=O) groups excluding carboxylic acids is 1. The molecule has 0 atom stereocenters. The van der Waals surface area contributed by atoms with Crippen molar-refractivity contribution < 1.29 is 22.5 Å². The number of nitrogens with one attached hydrogen (secondary N) is 2. The Bertz CT molecular complexity index is 1150. The fourth-order valence-corrected chi connectivity index (χ4v) is 3.38. The molecule has 3 aromatic rings. The number of carbonyl (C=O) groups is 1. The molecule has 0 aliphatic rings. The molecule has 3 rings (SSSR count). The Morgan fingerprint density at radius 3 is 2.29 bits per heavy atom. The fourth-order valence-electron chi connectivity index (χ4n) is 2.75. The van der Waals surface area contributed by atoms with Gasteiger partial charge in [0.1, 0.15) is 23.2 Å². The van der Waals surface area contributed by atoms with E-state index in [1.54, 1.807) is 45.0 Å². The van der Waals surface area contributed by atoms with Gasteiger partial charge in [0, 0.05) is 24.1 Å². The quantitative estimate of drug-likeness (QED) is 0.568. The maximum absolute atomic E-state index is 12.0. The summed E-state index contributed by atoms with van der Waals surface area (Å²) in [5, 5.41) is 9.88. The third kappa shape index (κ3) is 6.32. The highest BCUT2D eigenvalue weighted by Gasteiger charge is 2.19. The second-order valence-corrected chi connectivity index (χ2v) is 10.1. The Balaban J connectivity index is 1.63. The molecule has 0 aliphatic carbocycles. The van der Waals surface area contributed by atoms with Crippen molar-refractivity contribution in [1.82, 2.24) is 5.16 Å². The van der Waals surface area contributed by atoms with Crippen LogP contribution in [-0.2, 0) is 21.1 Å². The van der Waals surface area contributed by atoms with E-state index in [0.29, 0.717) is 17.9 Å². The second kappa shape index (κ2) is 8.81. The lowest BCUT2D eigenvalue weighted by atomic mass is 10.1. The number of rotatable bonds is 6. The molecule has 0 unspecified atom stereocenters. The first-order valence-corrected chi connectivity index (χ1v) is 11.5. The minimum Gasteiger partial charge on any atom is -0.444 e. The number of nitrogens with zero attached hydrogens (tertiary/aromatic N) is 1. The van der Waals surface area contributed by atoms with Crippen LogP contribution in [0.1, 0.15) is 26.3 Å². The maximum atomic E-state index is 12.0. The Hall–Kier alpha value is -3.33. The maximum Gasteiger partial charge on any atom is 0.412 e. The molecule has 8 nitrogen and oxygen atoms in total.